The van der Waals surface area contributed by atoms with E-state index >= 15 is 0 Å². The van der Waals surface area contributed by atoms with Crippen molar-refractivity contribution in [2.24, 2.45) is 0 Å². The summed E-state index contributed by atoms with van der Waals surface area (Å²) in [5, 5.41) is 0.805. The lowest BCUT2D eigenvalue weighted by Crippen LogP contribution is -3.13. The second-order valence-electron chi connectivity index (χ2n) is 5.71. The molecule has 0 unspecified atom stereocenters. The van der Waals surface area contributed by atoms with Gasteiger partial charge in [0.25, 0.3) is 0 Å². The highest BCUT2D eigenvalue weighted by Gasteiger charge is 2.22. The van der Waals surface area contributed by atoms with Gasteiger partial charge in [-0.25, -0.2) is 0 Å². The lowest BCUT2D eigenvalue weighted by molar-refractivity contribution is -0.914. The molecule has 1 N–H and O–H groups in total. The first kappa shape index (κ1) is 15.2. The van der Waals surface area contributed by atoms with Gasteiger partial charge in [0.1, 0.15) is 12.3 Å². The van der Waals surface area contributed by atoms with Crippen molar-refractivity contribution in [1.82, 2.24) is 0 Å². The molecule has 116 valence electrons. The van der Waals surface area contributed by atoms with E-state index in [2.05, 4.69) is 29.2 Å². The van der Waals surface area contributed by atoms with Crippen LogP contribution in [0.2, 0.25) is 5.02 Å². The van der Waals surface area contributed by atoms with E-state index in [4.69, 9.17) is 16.3 Å². The predicted molar refractivity (Wildman–Crippen MR) is 91.1 cm³/mol. The van der Waals surface area contributed by atoms with Gasteiger partial charge in [0.2, 0.25) is 0 Å². The van der Waals surface area contributed by atoms with Gasteiger partial charge in [0, 0.05) is 10.6 Å². The van der Waals surface area contributed by atoms with Crippen LogP contribution in [-0.2, 0) is 6.54 Å². The van der Waals surface area contributed by atoms with Crippen molar-refractivity contribution in [1.29, 1.82) is 0 Å². The molecule has 1 heterocycles. The summed E-state index contributed by atoms with van der Waals surface area (Å²) in [4.78, 5) is 4.04. The Hall–Kier alpha value is -1.71. The molecule has 4 heteroatoms. The number of nitrogens with one attached hydrogen (secondary N) is 1. The second-order valence-corrected chi connectivity index (χ2v) is 6.15. The number of nitrogens with zero attached hydrogens (tertiary/aromatic N) is 1. The summed E-state index contributed by atoms with van der Waals surface area (Å²) in [5.74, 6) is 0.962. The average Bonchev–Trinajstić information content (AvgIpc) is 2.58. The van der Waals surface area contributed by atoms with Crippen LogP contribution in [0, 0.1) is 0 Å². The maximum Gasteiger partial charge on any atom is 0.142 e. The minimum Gasteiger partial charge on any atom is -0.495 e. The Morgan fingerprint density at radius 1 is 1.05 bits per heavy atom. The Balaban J connectivity index is 1.59. The summed E-state index contributed by atoms with van der Waals surface area (Å²) >= 11 is 5.94. The van der Waals surface area contributed by atoms with Crippen molar-refractivity contribution >= 4 is 17.3 Å². The van der Waals surface area contributed by atoms with Crippen LogP contribution >= 0.6 is 11.6 Å². The van der Waals surface area contributed by atoms with Crippen LogP contribution in [0.5, 0.6) is 5.75 Å². The highest BCUT2D eigenvalue weighted by molar-refractivity contribution is 6.30. The number of hydrogen-bond acceptors (Lipinski definition) is 2. The molecule has 0 amide bonds. The van der Waals surface area contributed by atoms with Crippen molar-refractivity contribution in [3.8, 4) is 5.75 Å². The second kappa shape index (κ2) is 7.03. The summed E-state index contributed by atoms with van der Waals surface area (Å²) in [6.07, 6.45) is 0. The molecule has 0 atom stereocenters. The highest BCUT2D eigenvalue weighted by atomic mass is 35.5. The Bertz CT molecular complexity index is 607. The van der Waals surface area contributed by atoms with Crippen LogP contribution in [0.3, 0.4) is 0 Å². The van der Waals surface area contributed by atoms with Crippen LogP contribution in [0.1, 0.15) is 5.56 Å². The van der Waals surface area contributed by atoms with E-state index in [-0.39, 0.29) is 0 Å². The van der Waals surface area contributed by atoms with Crippen molar-refractivity contribution in [3.63, 3.8) is 0 Å². The monoisotopic (exact) mass is 317 g/mol. The maximum absolute atomic E-state index is 5.94. The van der Waals surface area contributed by atoms with Gasteiger partial charge in [-0.3, -0.25) is 0 Å². The van der Waals surface area contributed by atoms with Gasteiger partial charge in [0.15, 0.2) is 0 Å². The molecule has 1 aliphatic heterocycles. The Kier molecular flexibility index (Phi) is 4.86. The fourth-order valence-corrected chi connectivity index (χ4v) is 3.15. The molecule has 2 aromatic carbocycles. The summed E-state index contributed by atoms with van der Waals surface area (Å²) in [7, 11) is 1.74. The summed E-state index contributed by atoms with van der Waals surface area (Å²) in [6, 6.07) is 16.5. The van der Waals surface area contributed by atoms with E-state index < -0.39 is 0 Å². The zero-order chi connectivity index (χ0) is 15.4. The van der Waals surface area contributed by atoms with E-state index in [1.54, 1.807) is 12.0 Å². The predicted octanol–water partition coefficient (Wildman–Crippen LogP) is 2.25. The van der Waals surface area contributed by atoms with Gasteiger partial charge in [-0.15, -0.1) is 0 Å². The van der Waals surface area contributed by atoms with Crippen molar-refractivity contribution in [2.75, 3.05) is 38.2 Å². The summed E-state index contributed by atoms with van der Waals surface area (Å²) in [6.45, 7) is 5.46. The minimum atomic E-state index is 0.805. The number of anilines is 1. The van der Waals surface area contributed by atoms with Gasteiger partial charge < -0.3 is 14.5 Å². The van der Waals surface area contributed by atoms with E-state index in [9.17, 15) is 0 Å². The van der Waals surface area contributed by atoms with Gasteiger partial charge >= 0.3 is 0 Å². The number of para-hydroxylation sites is 2. The van der Waals surface area contributed by atoms with Crippen LogP contribution in [-0.4, -0.2) is 33.3 Å². The maximum atomic E-state index is 5.94. The van der Waals surface area contributed by atoms with E-state index in [1.165, 1.54) is 11.3 Å². The van der Waals surface area contributed by atoms with E-state index in [0.29, 0.717) is 0 Å². The fourth-order valence-electron chi connectivity index (χ4n) is 3.02. The van der Waals surface area contributed by atoms with Gasteiger partial charge in [-0.05, 0) is 24.3 Å². The third-order valence-electron chi connectivity index (χ3n) is 4.26. The molecule has 22 heavy (non-hydrogen) atoms. The van der Waals surface area contributed by atoms with E-state index in [1.807, 2.05) is 24.3 Å². The first-order valence-electron chi connectivity index (χ1n) is 7.72. The number of rotatable bonds is 4. The molecule has 1 aliphatic rings. The molecule has 0 radical (unpaired) electrons. The zero-order valence-corrected chi connectivity index (χ0v) is 13.6. The summed E-state index contributed by atoms with van der Waals surface area (Å²) in [5.41, 5.74) is 2.56. The first-order chi connectivity index (χ1) is 10.8. The lowest BCUT2D eigenvalue weighted by atomic mass is 10.2. The average molecular weight is 318 g/mol. The molecule has 0 spiro atoms. The van der Waals surface area contributed by atoms with Crippen molar-refractivity contribution < 1.29 is 9.64 Å². The number of benzene rings is 2. The number of ether oxygens (including phenoxy) is 1. The number of quaternary nitrogens is 1. The van der Waals surface area contributed by atoms with Gasteiger partial charge in [0.05, 0.1) is 39.0 Å². The number of hydrogen-bond donors (Lipinski definition) is 1. The molecule has 3 nitrogen and oxygen atoms in total. The van der Waals surface area contributed by atoms with Crippen molar-refractivity contribution in [3.05, 3.63) is 59.1 Å². The van der Waals surface area contributed by atoms with E-state index in [0.717, 1.165) is 43.5 Å². The van der Waals surface area contributed by atoms with Crippen molar-refractivity contribution in [2.45, 2.75) is 6.54 Å². The Labute approximate surface area is 137 Å². The highest BCUT2D eigenvalue weighted by Crippen LogP contribution is 2.27. The minimum absolute atomic E-state index is 0.805. The molecular formula is C18H22ClN2O+. The van der Waals surface area contributed by atoms with Crippen LogP contribution in [0.15, 0.2) is 48.5 Å². The fraction of sp³-hybridized carbons (Fsp3) is 0.333. The standard InChI is InChI=1S/C18H21ClN2O/c1-22-18-5-3-2-4-17(18)21-12-10-20(11-13-21)14-15-6-8-16(19)9-7-15/h2-9H,10-14H2,1H3/p+1. The molecule has 0 bridgehead atoms. The number of methoxy groups -OCH3 is 1. The SMILES string of the molecule is COc1ccccc1N1CC[NH+](Cc2ccc(Cl)cc2)CC1. The number of halogens is 1. The van der Waals surface area contributed by atoms with Gasteiger partial charge in [-0.1, -0.05) is 35.9 Å². The Morgan fingerprint density at radius 2 is 1.73 bits per heavy atom. The quantitative estimate of drug-likeness (QED) is 0.931. The molecule has 0 aromatic heterocycles. The zero-order valence-electron chi connectivity index (χ0n) is 12.9. The molecule has 0 saturated carbocycles. The largest absolute Gasteiger partial charge is 0.495 e. The Morgan fingerprint density at radius 3 is 2.41 bits per heavy atom. The molecule has 1 saturated heterocycles. The molecule has 3 rings (SSSR count). The molecule has 1 fully saturated rings. The normalized spacial score (nSPS) is 15.8. The van der Waals surface area contributed by atoms with Crippen LogP contribution in [0.25, 0.3) is 0 Å². The first-order valence-corrected chi connectivity index (χ1v) is 8.10. The number of piperazine rings is 1. The topological polar surface area (TPSA) is 16.9 Å². The lowest BCUT2D eigenvalue weighted by Gasteiger charge is -2.34. The smallest absolute Gasteiger partial charge is 0.142 e. The molecule has 2 aromatic rings. The summed E-state index contributed by atoms with van der Waals surface area (Å²) < 4.78 is 5.47. The van der Waals surface area contributed by atoms with Crippen LogP contribution < -0.4 is 14.5 Å². The van der Waals surface area contributed by atoms with Gasteiger partial charge in [-0.2, -0.15) is 0 Å². The third kappa shape index (κ3) is 3.54. The van der Waals surface area contributed by atoms with Crippen LogP contribution in [0.4, 0.5) is 5.69 Å². The third-order valence-corrected chi connectivity index (χ3v) is 4.52. The molecular weight excluding hydrogens is 296 g/mol. The molecule has 0 aliphatic carbocycles.